The summed E-state index contributed by atoms with van der Waals surface area (Å²) in [6.45, 7) is 2.10. The molecule has 0 unspecified atom stereocenters. The Bertz CT molecular complexity index is 366. The molecular weight excluding hydrogens is 218 g/mol. The van der Waals surface area contributed by atoms with Gasteiger partial charge in [0.15, 0.2) is 11.5 Å². The van der Waals surface area contributed by atoms with Crippen molar-refractivity contribution in [1.29, 1.82) is 0 Å². The SMILES string of the molecule is CCC[C@@H](N)c1cc(OC)c(OC)cc1OC. The summed E-state index contributed by atoms with van der Waals surface area (Å²) >= 11 is 0. The summed E-state index contributed by atoms with van der Waals surface area (Å²) in [4.78, 5) is 0. The summed E-state index contributed by atoms with van der Waals surface area (Å²) in [7, 11) is 4.84. The van der Waals surface area contributed by atoms with E-state index in [1.807, 2.05) is 12.1 Å². The first-order chi connectivity index (χ1) is 8.17. The Hall–Kier alpha value is -1.42. The summed E-state index contributed by atoms with van der Waals surface area (Å²) in [5.41, 5.74) is 7.07. The van der Waals surface area contributed by atoms with Crippen LogP contribution in [0.15, 0.2) is 12.1 Å². The third-order valence-corrected chi connectivity index (χ3v) is 2.74. The third kappa shape index (κ3) is 3.03. The molecule has 4 heteroatoms. The molecule has 0 spiro atoms. The van der Waals surface area contributed by atoms with Crippen molar-refractivity contribution in [2.75, 3.05) is 21.3 Å². The van der Waals surface area contributed by atoms with Gasteiger partial charge in [-0.05, 0) is 12.5 Å². The number of nitrogens with two attached hydrogens (primary N) is 1. The van der Waals surface area contributed by atoms with Crippen LogP contribution in [-0.4, -0.2) is 21.3 Å². The fourth-order valence-electron chi connectivity index (χ4n) is 1.81. The number of hydrogen-bond acceptors (Lipinski definition) is 4. The van der Waals surface area contributed by atoms with E-state index < -0.39 is 0 Å². The Kier molecular flexibility index (Phi) is 5.10. The van der Waals surface area contributed by atoms with Crippen LogP contribution in [0.25, 0.3) is 0 Å². The summed E-state index contributed by atoms with van der Waals surface area (Å²) in [5, 5.41) is 0. The van der Waals surface area contributed by atoms with E-state index in [2.05, 4.69) is 6.92 Å². The highest BCUT2D eigenvalue weighted by molar-refractivity contribution is 5.51. The molecule has 0 saturated heterocycles. The minimum atomic E-state index is -0.0465. The monoisotopic (exact) mass is 239 g/mol. The summed E-state index contributed by atoms with van der Waals surface area (Å²) < 4.78 is 15.8. The molecule has 0 aliphatic heterocycles. The summed E-state index contributed by atoms with van der Waals surface area (Å²) in [5.74, 6) is 2.07. The molecule has 2 N–H and O–H groups in total. The van der Waals surface area contributed by atoms with Gasteiger partial charge in [-0.25, -0.2) is 0 Å². The van der Waals surface area contributed by atoms with Crippen LogP contribution in [0.1, 0.15) is 31.4 Å². The van der Waals surface area contributed by atoms with Crippen LogP contribution in [0.5, 0.6) is 17.2 Å². The molecule has 0 amide bonds. The van der Waals surface area contributed by atoms with Gasteiger partial charge < -0.3 is 19.9 Å². The van der Waals surface area contributed by atoms with Crippen molar-refractivity contribution in [2.24, 2.45) is 5.73 Å². The average Bonchev–Trinajstić information content (AvgIpc) is 2.37. The van der Waals surface area contributed by atoms with Crippen LogP contribution in [0.3, 0.4) is 0 Å². The molecule has 0 heterocycles. The van der Waals surface area contributed by atoms with Gasteiger partial charge in [0.1, 0.15) is 5.75 Å². The Morgan fingerprint density at radius 2 is 1.53 bits per heavy atom. The molecule has 1 aromatic rings. The molecule has 0 bridgehead atoms. The van der Waals surface area contributed by atoms with Gasteiger partial charge in [0.05, 0.1) is 21.3 Å². The average molecular weight is 239 g/mol. The zero-order chi connectivity index (χ0) is 12.8. The van der Waals surface area contributed by atoms with Crippen LogP contribution in [0.2, 0.25) is 0 Å². The zero-order valence-corrected chi connectivity index (χ0v) is 10.9. The van der Waals surface area contributed by atoms with Crippen LogP contribution in [0, 0.1) is 0 Å². The van der Waals surface area contributed by atoms with E-state index in [1.165, 1.54) is 0 Å². The van der Waals surface area contributed by atoms with Gasteiger partial charge in [-0.3, -0.25) is 0 Å². The normalized spacial score (nSPS) is 12.1. The number of ether oxygens (including phenoxy) is 3. The van der Waals surface area contributed by atoms with Gasteiger partial charge in [-0.1, -0.05) is 13.3 Å². The molecule has 1 aromatic carbocycles. The van der Waals surface area contributed by atoms with Gasteiger partial charge in [-0.2, -0.15) is 0 Å². The number of methoxy groups -OCH3 is 3. The molecule has 0 aliphatic carbocycles. The van der Waals surface area contributed by atoms with Crippen molar-refractivity contribution in [3.05, 3.63) is 17.7 Å². The van der Waals surface area contributed by atoms with E-state index in [1.54, 1.807) is 21.3 Å². The summed E-state index contributed by atoms with van der Waals surface area (Å²) in [6.07, 6.45) is 1.94. The Morgan fingerprint density at radius 1 is 1.00 bits per heavy atom. The van der Waals surface area contributed by atoms with E-state index in [0.717, 1.165) is 24.2 Å². The van der Waals surface area contributed by atoms with Crippen LogP contribution >= 0.6 is 0 Å². The maximum Gasteiger partial charge on any atom is 0.164 e. The fraction of sp³-hybridized carbons (Fsp3) is 0.538. The quantitative estimate of drug-likeness (QED) is 0.828. The molecule has 0 aromatic heterocycles. The van der Waals surface area contributed by atoms with E-state index in [0.29, 0.717) is 11.5 Å². The largest absolute Gasteiger partial charge is 0.496 e. The second kappa shape index (κ2) is 6.35. The molecule has 0 aliphatic rings. The highest BCUT2D eigenvalue weighted by Gasteiger charge is 2.16. The van der Waals surface area contributed by atoms with Crippen molar-refractivity contribution in [3.63, 3.8) is 0 Å². The number of hydrogen-bond donors (Lipinski definition) is 1. The molecule has 17 heavy (non-hydrogen) atoms. The van der Waals surface area contributed by atoms with Gasteiger partial charge in [0.25, 0.3) is 0 Å². The van der Waals surface area contributed by atoms with E-state index in [9.17, 15) is 0 Å². The topological polar surface area (TPSA) is 53.7 Å². The van der Waals surface area contributed by atoms with Crippen molar-refractivity contribution < 1.29 is 14.2 Å². The first-order valence-electron chi connectivity index (χ1n) is 5.73. The maximum atomic E-state index is 6.12. The minimum Gasteiger partial charge on any atom is -0.496 e. The predicted octanol–water partition coefficient (Wildman–Crippen LogP) is 2.51. The Morgan fingerprint density at radius 3 is 2.00 bits per heavy atom. The highest BCUT2D eigenvalue weighted by atomic mass is 16.5. The Balaban J connectivity index is 3.18. The fourth-order valence-corrected chi connectivity index (χ4v) is 1.81. The van der Waals surface area contributed by atoms with Gasteiger partial charge in [0.2, 0.25) is 0 Å². The van der Waals surface area contributed by atoms with Crippen molar-refractivity contribution in [2.45, 2.75) is 25.8 Å². The minimum absolute atomic E-state index is 0.0465. The van der Waals surface area contributed by atoms with Crippen molar-refractivity contribution in [1.82, 2.24) is 0 Å². The number of benzene rings is 1. The number of rotatable bonds is 6. The third-order valence-electron chi connectivity index (χ3n) is 2.74. The van der Waals surface area contributed by atoms with Crippen LogP contribution in [0.4, 0.5) is 0 Å². The molecule has 0 saturated carbocycles. The van der Waals surface area contributed by atoms with E-state index >= 15 is 0 Å². The predicted molar refractivity (Wildman–Crippen MR) is 67.9 cm³/mol. The molecule has 0 fully saturated rings. The highest BCUT2D eigenvalue weighted by Crippen LogP contribution is 2.37. The van der Waals surface area contributed by atoms with Crippen LogP contribution < -0.4 is 19.9 Å². The second-order valence-electron chi connectivity index (χ2n) is 3.84. The lowest BCUT2D eigenvalue weighted by molar-refractivity contribution is 0.346. The Labute approximate surface area is 103 Å². The van der Waals surface area contributed by atoms with Gasteiger partial charge >= 0.3 is 0 Å². The molecule has 1 atom stereocenters. The van der Waals surface area contributed by atoms with E-state index in [-0.39, 0.29) is 6.04 Å². The maximum absolute atomic E-state index is 6.12. The molecular formula is C13H21NO3. The smallest absolute Gasteiger partial charge is 0.164 e. The molecule has 4 nitrogen and oxygen atoms in total. The van der Waals surface area contributed by atoms with Crippen LogP contribution in [-0.2, 0) is 0 Å². The van der Waals surface area contributed by atoms with Gasteiger partial charge in [-0.15, -0.1) is 0 Å². The molecule has 0 radical (unpaired) electrons. The summed E-state index contributed by atoms with van der Waals surface area (Å²) in [6, 6.07) is 3.65. The zero-order valence-electron chi connectivity index (χ0n) is 10.9. The van der Waals surface area contributed by atoms with Crippen molar-refractivity contribution >= 4 is 0 Å². The lowest BCUT2D eigenvalue weighted by Crippen LogP contribution is -2.11. The van der Waals surface area contributed by atoms with Crippen molar-refractivity contribution in [3.8, 4) is 17.2 Å². The lowest BCUT2D eigenvalue weighted by Gasteiger charge is -2.18. The van der Waals surface area contributed by atoms with E-state index in [4.69, 9.17) is 19.9 Å². The standard InChI is InChI=1S/C13H21NO3/c1-5-6-10(14)9-7-12(16-3)13(17-4)8-11(9)15-2/h7-8,10H,5-6,14H2,1-4H3/t10-/m1/s1. The molecule has 96 valence electrons. The van der Waals surface area contributed by atoms with Gasteiger partial charge in [0, 0.05) is 17.7 Å². The first-order valence-corrected chi connectivity index (χ1v) is 5.73. The first kappa shape index (κ1) is 13.6. The lowest BCUT2D eigenvalue weighted by atomic mass is 10.0. The second-order valence-corrected chi connectivity index (χ2v) is 3.84. The molecule has 1 rings (SSSR count).